The molecule has 3 aromatic carbocycles. The van der Waals surface area contributed by atoms with Gasteiger partial charge in [-0.2, -0.15) is 0 Å². The number of allylic oxidation sites excluding steroid dienone is 1. The molecular formula is C25H21BrO6. The third-order valence-electron chi connectivity index (χ3n) is 4.54. The van der Waals surface area contributed by atoms with Crippen molar-refractivity contribution in [3.8, 4) is 23.0 Å². The van der Waals surface area contributed by atoms with Crippen molar-refractivity contribution >= 4 is 33.8 Å². The second kappa shape index (κ2) is 10.6. The average molecular weight is 497 g/mol. The summed E-state index contributed by atoms with van der Waals surface area (Å²) in [5, 5.41) is 0. The van der Waals surface area contributed by atoms with Gasteiger partial charge in [0.1, 0.15) is 5.75 Å². The van der Waals surface area contributed by atoms with Gasteiger partial charge in [-0.3, -0.25) is 4.79 Å². The number of hydrogen-bond donors (Lipinski definition) is 0. The van der Waals surface area contributed by atoms with Gasteiger partial charge in [-0.25, -0.2) is 4.79 Å². The van der Waals surface area contributed by atoms with Gasteiger partial charge >= 0.3 is 5.97 Å². The molecule has 0 atom stereocenters. The monoisotopic (exact) mass is 496 g/mol. The number of halogens is 1. The molecule has 0 saturated carbocycles. The molecule has 164 valence electrons. The second-order valence-corrected chi connectivity index (χ2v) is 7.49. The Hall–Kier alpha value is -3.58. The molecule has 3 rings (SSSR count). The van der Waals surface area contributed by atoms with Gasteiger partial charge in [0.2, 0.25) is 5.75 Å². The molecule has 0 radical (unpaired) electrons. The number of carbonyl (C=O) groups is 2. The van der Waals surface area contributed by atoms with E-state index in [9.17, 15) is 9.59 Å². The minimum atomic E-state index is -0.473. The van der Waals surface area contributed by atoms with Gasteiger partial charge in [-0.15, -0.1) is 0 Å². The molecule has 0 heterocycles. The predicted octanol–water partition coefficient (Wildman–Crippen LogP) is 5.59. The summed E-state index contributed by atoms with van der Waals surface area (Å²) in [5.74, 6) is 1.14. The summed E-state index contributed by atoms with van der Waals surface area (Å²) in [7, 11) is 4.58. The number of benzene rings is 3. The van der Waals surface area contributed by atoms with Crippen LogP contribution in [0.2, 0.25) is 0 Å². The van der Waals surface area contributed by atoms with E-state index in [-0.39, 0.29) is 5.78 Å². The Morgan fingerprint density at radius 2 is 1.34 bits per heavy atom. The minimum Gasteiger partial charge on any atom is -0.493 e. The number of esters is 1. The zero-order chi connectivity index (χ0) is 23.1. The summed E-state index contributed by atoms with van der Waals surface area (Å²) < 4.78 is 22.2. The lowest BCUT2D eigenvalue weighted by molar-refractivity contribution is 0.0734. The van der Waals surface area contributed by atoms with Crippen LogP contribution in [0.4, 0.5) is 0 Å². The summed E-state index contributed by atoms with van der Waals surface area (Å²) >= 11 is 3.32. The fourth-order valence-electron chi connectivity index (χ4n) is 2.90. The SMILES string of the molecule is COc1cc(C=CC(=O)c2ccc(OC(=O)c3ccc(Br)cc3)cc2)cc(OC)c1OC. The van der Waals surface area contributed by atoms with Crippen LogP contribution < -0.4 is 18.9 Å². The van der Waals surface area contributed by atoms with Crippen molar-refractivity contribution in [1.82, 2.24) is 0 Å². The van der Waals surface area contributed by atoms with Crippen LogP contribution in [-0.2, 0) is 0 Å². The number of rotatable bonds is 8. The molecule has 32 heavy (non-hydrogen) atoms. The average Bonchev–Trinajstić information content (AvgIpc) is 2.82. The van der Waals surface area contributed by atoms with Gasteiger partial charge in [0.05, 0.1) is 26.9 Å². The van der Waals surface area contributed by atoms with E-state index in [0.29, 0.717) is 39.7 Å². The van der Waals surface area contributed by atoms with Gasteiger partial charge in [-0.05, 0) is 72.3 Å². The van der Waals surface area contributed by atoms with E-state index in [1.165, 1.54) is 27.4 Å². The van der Waals surface area contributed by atoms with Crippen LogP contribution in [0.3, 0.4) is 0 Å². The molecule has 0 unspecified atom stereocenters. The second-order valence-electron chi connectivity index (χ2n) is 6.58. The van der Waals surface area contributed by atoms with Gasteiger partial charge in [0, 0.05) is 10.0 Å². The van der Waals surface area contributed by atoms with Crippen molar-refractivity contribution in [3.63, 3.8) is 0 Å². The van der Waals surface area contributed by atoms with Gasteiger partial charge in [0.15, 0.2) is 17.3 Å². The van der Waals surface area contributed by atoms with Crippen LogP contribution in [0.5, 0.6) is 23.0 Å². The summed E-state index contributed by atoms with van der Waals surface area (Å²) in [4.78, 5) is 24.8. The van der Waals surface area contributed by atoms with Gasteiger partial charge in [0.25, 0.3) is 0 Å². The Kier molecular flexibility index (Phi) is 7.68. The molecule has 0 N–H and O–H groups in total. The fraction of sp³-hybridized carbons (Fsp3) is 0.120. The van der Waals surface area contributed by atoms with Gasteiger partial charge in [-0.1, -0.05) is 22.0 Å². The smallest absolute Gasteiger partial charge is 0.343 e. The summed E-state index contributed by atoms with van der Waals surface area (Å²) in [6.45, 7) is 0. The molecule has 0 aliphatic rings. The highest BCUT2D eigenvalue weighted by molar-refractivity contribution is 9.10. The van der Waals surface area contributed by atoms with E-state index < -0.39 is 5.97 Å². The maximum atomic E-state index is 12.6. The van der Waals surface area contributed by atoms with Crippen LogP contribution in [0, 0.1) is 0 Å². The Balaban J connectivity index is 1.70. The van der Waals surface area contributed by atoms with Crippen molar-refractivity contribution in [2.24, 2.45) is 0 Å². The summed E-state index contributed by atoms with van der Waals surface area (Å²) in [6.07, 6.45) is 3.11. The lowest BCUT2D eigenvalue weighted by Crippen LogP contribution is -2.08. The molecule has 0 aromatic heterocycles. The van der Waals surface area contributed by atoms with Crippen molar-refractivity contribution in [2.45, 2.75) is 0 Å². The zero-order valence-corrected chi connectivity index (χ0v) is 19.3. The van der Waals surface area contributed by atoms with Crippen molar-refractivity contribution in [3.05, 3.63) is 87.9 Å². The molecule has 0 fully saturated rings. The Bertz CT molecular complexity index is 1110. The van der Waals surface area contributed by atoms with E-state index in [0.717, 1.165) is 4.47 Å². The number of hydrogen-bond acceptors (Lipinski definition) is 6. The summed E-state index contributed by atoms with van der Waals surface area (Å²) in [6, 6.07) is 16.7. The van der Waals surface area contributed by atoms with Crippen molar-refractivity contribution in [2.75, 3.05) is 21.3 Å². The standard InChI is InChI=1S/C25H21BrO6/c1-29-22-14-16(15-23(30-2)24(22)31-3)4-13-21(27)17-7-11-20(12-8-17)32-25(28)18-5-9-19(26)10-6-18/h4-15H,1-3H3. The van der Waals surface area contributed by atoms with Crippen molar-refractivity contribution < 1.29 is 28.5 Å². The first kappa shape index (κ1) is 23.1. The predicted molar refractivity (Wildman–Crippen MR) is 125 cm³/mol. The third kappa shape index (κ3) is 5.56. The number of ether oxygens (including phenoxy) is 4. The molecule has 3 aromatic rings. The Morgan fingerprint density at radius 1 is 0.781 bits per heavy atom. The normalized spacial score (nSPS) is 10.6. The molecular weight excluding hydrogens is 476 g/mol. The number of ketones is 1. The highest BCUT2D eigenvalue weighted by Crippen LogP contribution is 2.38. The lowest BCUT2D eigenvalue weighted by atomic mass is 10.1. The first-order valence-corrected chi connectivity index (χ1v) is 10.3. The van der Waals surface area contributed by atoms with Gasteiger partial charge < -0.3 is 18.9 Å². The summed E-state index contributed by atoms with van der Waals surface area (Å²) in [5.41, 5.74) is 1.60. The Labute approximate surface area is 194 Å². The van der Waals surface area contributed by atoms with Crippen LogP contribution in [0.15, 0.2) is 71.2 Å². The highest BCUT2D eigenvalue weighted by Gasteiger charge is 2.13. The van der Waals surface area contributed by atoms with E-state index in [2.05, 4.69) is 15.9 Å². The highest BCUT2D eigenvalue weighted by atomic mass is 79.9. The molecule has 0 bridgehead atoms. The van der Waals surface area contributed by atoms with E-state index >= 15 is 0 Å². The maximum absolute atomic E-state index is 12.6. The molecule has 0 aliphatic carbocycles. The van der Waals surface area contributed by atoms with Crippen LogP contribution >= 0.6 is 15.9 Å². The minimum absolute atomic E-state index is 0.204. The molecule has 0 aliphatic heterocycles. The Morgan fingerprint density at radius 3 is 1.88 bits per heavy atom. The molecule has 0 spiro atoms. The molecule has 0 saturated heterocycles. The molecule has 0 amide bonds. The first-order chi connectivity index (χ1) is 15.4. The molecule has 7 heteroatoms. The largest absolute Gasteiger partial charge is 0.493 e. The topological polar surface area (TPSA) is 71.1 Å². The quantitative estimate of drug-likeness (QED) is 0.175. The van der Waals surface area contributed by atoms with Crippen LogP contribution in [0.25, 0.3) is 6.08 Å². The fourth-order valence-corrected chi connectivity index (χ4v) is 3.17. The number of methoxy groups -OCH3 is 3. The van der Waals surface area contributed by atoms with E-state index in [1.54, 1.807) is 66.7 Å². The van der Waals surface area contributed by atoms with Crippen molar-refractivity contribution in [1.29, 1.82) is 0 Å². The van der Waals surface area contributed by atoms with Crippen LogP contribution in [0.1, 0.15) is 26.3 Å². The first-order valence-electron chi connectivity index (χ1n) is 9.55. The zero-order valence-electron chi connectivity index (χ0n) is 17.8. The van der Waals surface area contributed by atoms with Crippen LogP contribution in [-0.4, -0.2) is 33.1 Å². The van der Waals surface area contributed by atoms with E-state index in [4.69, 9.17) is 18.9 Å². The number of carbonyl (C=O) groups excluding carboxylic acids is 2. The maximum Gasteiger partial charge on any atom is 0.343 e. The third-order valence-corrected chi connectivity index (χ3v) is 5.07. The molecule has 6 nitrogen and oxygen atoms in total. The lowest BCUT2D eigenvalue weighted by Gasteiger charge is -2.12. The van der Waals surface area contributed by atoms with E-state index in [1.807, 2.05) is 0 Å².